The normalized spacial score (nSPS) is 11.9. The Bertz CT molecular complexity index is 118. The molecule has 0 aliphatic heterocycles. The van der Waals surface area contributed by atoms with Gasteiger partial charge in [-0.05, 0) is 19.3 Å². The highest BCUT2D eigenvalue weighted by Gasteiger charge is 1.97. The lowest BCUT2D eigenvalue weighted by molar-refractivity contribution is 0.156. The Balaban J connectivity index is 3.18. The van der Waals surface area contributed by atoms with Crippen LogP contribution in [0.5, 0.6) is 0 Å². The van der Waals surface area contributed by atoms with Crippen LogP contribution < -0.4 is 0 Å². The standard InChI is InChI=1S/C9H16O/c1-4-5-6-7-9(2)8-10-3/h9H,6-8H2,1-3H3. The third kappa shape index (κ3) is 5.65. The Hall–Kier alpha value is -0.480. The van der Waals surface area contributed by atoms with Crippen LogP contribution >= 0.6 is 0 Å². The molecule has 0 bridgehead atoms. The molecule has 0 aromatic heterocycles. The number of rotatable bonds is 4. The van der Waals surface area contributed by atoms with Gasteiger partial charge in [0.2, 0.25) is 0 Å². The van der Waals surface area contributed by atoms with Gasteiger partial charge in [0, 0.05) is 20.1 Å². The van der Waals surface area contributed by atoms with Gasteiger partial charge in [0.1, 0.15) is 0 Å². The van der Waals surface area contributed by atoms with Crippen molar-refractivity contribution in [3.05, 3.63) is 0 Å². The highest BCUT2D eigenvalue weighted by molar-refractivity contribution is 4.94. The van der Waals surface area contributed by atoms with Gasteiger partial charge in [-0.15, -0.1) is 11.8 Å². The molecule has 0 amide bonds. The molecule has 1 unspecified atom stereocenters. The zero-order valence-electron chi connectivity index (χ0n) is 7.11. The molecule has 0 aromatic rings. The largest absolute Gasteiger partial charge is 0.384 e. The summed E-state index contributed by atoms with van der Waals surface area (Å²) in [7, 11) is 1.74. The fraction of sp³-hybridized carbons (Fsp3) is 0.778. The third-order valence-corrected chi connectivity index (χ3v) is 1.39. The van der Waals surface area contributed by atoms with Gasteiger partial charge < -0.3 is 4.74 Å². The molecular formula is C9H16O. The zero-order chi connectivity index (χ0) is 7.82. The average molecular weight is 140 g/mol. The van der Waals surface area contributed by atoms with Crippen LogP contribution in [0, 0.1) is 17.8 Å². The molecule has 0 N–H and O–H groups in total. The van der Waals surface area contributed by atoms with Crippen LogP contribution in [0.15, 0.2) is 0 Å². The lowest BCUT2D eigenvalue weighted by Crippen LogP contribution is -2.02. The van der Waals surface area contributed by atoms with Gasteiger partial charge in [-0.3, -0.25) is 0 Å². The van der Waals surface area contributed by atoms with Gasteiger partial charge in [-0.2, -0.15) is 0 Å². The van der Waals surface area contributed by atoms with E-state index in [0.717, 1.165) is 19.4 Å². The van der Waals surface area contributed by atoms with Crippen molar-refractivity contribution in [3.8, 4) is 11.8 Å². The summed E-state index contributed by atoms with van der Waals surface area (Å²) in [5.74, 6) is 6.55. The van der Waals surface area contributed by atoms with Crippen molar-refractivity contribution in [3.63, 3.8) is 0 Å². The van der Waals surface area contributed by atoms with Crippen LogP contribution in [-0.4, -0.2) is 13.7 Å². The summed E-state index contributed by atoms with van der Waals surface area (Å²) >= 11 is 0. The molecule has 0 spiro atoms. The molecule has 0 heterocycles. The summed E-state index contributed by atoms with van der Waals surface area (Å²) in [4.78, 5) is 0. The van der Waals surface area contributed by atoms with Gasteiger partial charge in [-0.25, -0.2) is 0 Å². The van der Waals surface area contributed by atoms with Crippen LogP contribution in [0.1, 0.15) is 26.7 Å². The quantitative estimate of drug-likeness (QED) is 0.543. The molecule has 0 fully saturated rings. The molecular weight excluding hydrogens is 124 g/mol. The molecule has 10 heavy (non-hydrogen) atoms. The first-order chi connectivity index (χ1) is 4.81. The molecule has 1 atom stereocenters. The maximum atomic E-state index is 4.99. The average Bonchev–Trinajstić information content (AvgIpc) is 1.89. The second kappa shape index (κ2) is 6.64. The molecule has 0 aromatic carbocycles. The summed E-state index contributed by atoms with van der Waals surface area (Å²) in [5, 5.41) is 0. The summed E-state index contributed by atoms with van der Waals surface area (Å²) in [6.07, 6.45) is 2.15. The lowest BCUT2D eigenvalue weighted by Gasteiger charge is -2.05. The SMILES string of the molecule is CC#CCCC(C)COC. The van der Waals surface area contributed by atoms with Gasteiger partial charge >= 0.3 is 0 Å². The molecule has 1 heteroatoms. The van der Waals surface area contributed by atoms with E-state index in [9.17, 15) is 0 Å². The number of hydrogen-bond donors (Lipinski definition) is 0. The fourth-order valence-corrected chi connectivity index (χ4v) is 0.811. The van der Waals surface area contributed by atoms with Crippen LogP contribution in [0.4, 0.5) is 0 Å². The minimum atomic E-state index is 0.644. The topological polar surface area (TPSA) is 9.23 Å². The molecule has 0 radical (unpaired) electrons. The highest BCUT2D eigenvalue weighted by Crippen LogP contribution is 2.03. The Kier molecular flexibility index (Phi) is 6.32. The van der Waals surface area contributed by atoms with Crippen molar-refractivity contribution >= 4 is 0 Å². The molecule has 0 saturated heterocycles. The summed E-state index contributed by atoms with van der Waals surface area (Å²) in [6.45, 7) is 4.91. The first kappa shape index (κ1) is 9.52. The minimum absolute atomic E-state index is 0.644. The van der Waals surface area contributed by atoms with Crippen LogP contribution in [0.25, 0.3) is 0 Å². The summed E-state index contributed by atoms with van der Waals surface area (Å²) < 4.78 is 4.99. The molecule has 0 aliphatic rings. The maximum Gasteiger partial charge on any atom is 0.0488 e. The molecule has 0 saturated carbocycles. The van der Waals surface area contributed by atoms with Crippen molar-refractivity contribution in [1.29, 1.82) is 0 Å². The van der Waals surface area contributed by atoms with Crippen molar-refractivity contribution in [2.45, 2.75) is 26.7 Å². The molecule has 1 nitrogen and oxygen atoms in total. The summed E-state index contributed by atoms with van der Waals surface area (Å²) in [6, 6.07) is 0. The predicted molar refractivity (Wildman–Crippen MR) is 43.7 cm³/mol. The van der Waals surface area contributed by atoms with E-state index in [2.05, 4.69) is 18.8 Å². The second-order valence-corrected chi connectivity index (χ2v) is 2.53. The monoisotopic (exact) mass is 140 g/mol. The Morgan fingerprint density at radius 3 is 2.70 bits per heavy atom. The van der Waals surface area contributed by atoms with E-state index >= 15 is 0 Å². The number of hydrogen-bond acceptors (Lipinski definition) is 1. The Morgan fingerprint density at radius 2 is 2.20 bits per heavy atom. The number of methoxy groups -OCH3 is 1. The van der Waals surface area contributed by atoms with E-state index < -0.39 is 0 Å². The van der Waals surface area contributed by atoms with Crippen LogP contribution in [-0.2, 0) is 4.74 Å². The van der Waals surface area contributed by atoms with E-state index in [0.29, 0.717) is 5.92 Å². The van der Waals surface area contributed by atoms with E-state index in [4.69, 9.17) is 4.74 Å². The van der Waals surface area contributed by atoms with Crippen molar-refractivity contribution < 1.29 is 4.74 Å². The van der Waals surface area contributed by atoms with E-state index in [1.807, 2.05) is 6.92 Å². The van der Waals surface area contributed by atoms with E-state index in [1.165, 1.54) is 0 Å². The Labute approximate surface area is 63.8 Å². The van der Waals surface area contributed by atoms with Crippen molar-refractivity contribution in [2.75, 3.05) is 13.7 Å². The minimum Gasteiger partial charge on any atom is -0.384 e. The highest BCUT2D eigenvalue weighted by atomic mass is 16.5. The maximum absolute atomic E-state index is 4.99. The van der Waals surface area contributed by atoms with E-state index in [-0.39, 0.29) is 0 Å². The zero-order valence-corrected chi connectivity index (χ0v) is 7.11. The van der Waals surface area contributed by atoms with Crippen molar-refractivity contribution in [2.24, 2.45) is 5.92 Å². The molecule has 0 aliphatic carbocycles. The van der Waals surface area contributed by atoms with Crippen LogP contribution in [0.2, 0.25) is 0 Å². The predicted octanol–water partition coefficient (Wildman–Crippen LogP) is 2.07. The van der Waals surface area contributed by atoms with Gasteiger partial charge in [-0.1, -0.05) is 6.92 Å². The molecule has 58 valence electrons. The fourth-order valence-electron chi connectivity index (χ4n) is 0.811. The first-order valence-electron chi connectivity index (χ1n) is 3.69. The first-order valence-corrected chi connectivity index (χ1v) is 3.69. The van der Waals surface area contributed by atoms with Gasteiger partial charge in [0.25, 0.3) is 0 Å². The number of ether oxygens (including phenoxy) is 1. The van der Waals surface area contributed by atoms with Crippen molar-refractivity contribution in [1.82, 2.24) is 0 Å². The van der Waals surface area contributed by atoms with Crippen LogP contribution in [0.3, 0.4) is 0 Å². The van der Waals surface area contributed by atoms with E-state index in [1.54, 1.807) is 7.11 Å². The van der Waals surface area contributed by atoms with Gasteiger partial charge in [0.15, 0.2) is 0 Å². The second-order valence-electron chi connectivity index (χ2n) is 2.53. The summed E-state index contributed by atoms with van der Waals surface area (Å²) in [5.41, 5.74) is 0. The van der Waals surface area contributed by atoms with Gasteiger partial charge in [0.05, 0.1) is 0 Å². The lowest BCUT2D eigenvalue weighted by atomic mass is 10.1. The Morgan fingerprint density at radius 1 is 1.50 bits per heavy atom. The smallest absolute Gasteiger partial charge is 0.0488 e. The third-order valence-electron chi connectivity index (χ3n) is 1.39. The molecule has 0 rings (SSSR count).